The number of hydrogen-bond acceptors (Lipinski definition) is 3. The number of nitriles is 2. The van der Waals surface area contributed by atoms with Crippen LogP contribution in [0, 0.1) is 22.7 Å². The number of aliphatic imine (C=N–C) groups is 1. The van der Waals surface area contributed by atoms with Crippen LogP contribution in [0.15, 0.2) is 16.9 Å². The van der Waals surface area contributed by atoms with Gasteiger partial charge in [-0.3, -0.25) is 4.90 Å². The van der Waals surface area contributed by atoms with Crippen molar-refractivity contribution in [3.63, 3.8) is 0 Å². The average molecular weight is 133 g/mol. The fraction of sp³-hybridized carbons (Fsp3) is 0.167. The number of amidine groups is 1. The zero-order chi connectivity index (χ0) is 7.56. The smallest absolute Gasteiger partial charge is 0.250 e. The first kappa shape index (κ1) is 6.47. The van der Waals surface area contributed by atoms with E-state index in [1.807, 2.05) is 12.1 Å². The summed E-state index contributed by atoms with van der Waals surface area (Å²) in [5, 5.41) is 16.8. The molecule has 10 heavy (non-hydrogen) atoms. The summed E-state index contributed by atoms with van der Waals surface area (Å²) in [4.78, 5) is 4.49. The molecule has 1 N–H and O–H groups in total. The molecule has 0 aromatic rings. The van der Waals surface area contributed by atoms with Crippen molar-refractivity contribution >= 4 is 5.84 Å². The highest BCUT2D eigenvalue weighted by Crippen LogP contribution is 1.93. The van der Waals surface area contributed by atoms with Crippen molar-refractivity contribution in [2.75, 3.05) is 7.05 Å². The Morgan fingerprint density at radius 3 is 2.50 bits per heavy atom. The van der Waals surface area contributed by atoms with E-state index in [1.54, 1.807) is 13.2 Å². The van der Waals surface area contributed by atoms with Crippen molar-refractivity contribution in [2.24, 2.45) is 4.99 Å². The monoisotopic (exact) mass is 133 g/mol. The van der Waals surface area contributed by atoms with Gasteiger partial charge in [0.1, 0.15) is 12.3 Å². The maximum Gasteiger partial charge on any atom is 0.311 e. The van der Waals surface area contributed by atoms with E-state index in [1.165, 1.54) is 0 Å². The van der Waals surface area contributed by atoms with Crippen molar-refractivity contribution < 1.29 is 4.90 Å². The highest BCUT2D eigenvalue weighted by atomic mass is 15.2. The van der Waals surface area contributed by atoms with E-state index in [2.05, 4.69) is 4.99 Å². The Bertz CT molecular complexity index is 286. The zero-order valence-electron chi connectivity index (χ0n) is 5.42. The summed E-state index contributed by atoms with van der Waals surface area (Å²) in [5.74, 6) is 0.344. The Morgan fingerprint density at radius 2 is 2.20 bits per heavy atom. The van der Waals surface area contributed by atoms with Crippen LogP contribution < -0.4 is 4.90 Å². The molecule has 0 radical (unpaired) electrons. The molecule has 1 aliphatic heterocycles. The molecule has 0 amide bonds. The summed E-state index contributed by atoms with van der Waals surface area (Å²) in [6.45, 7) is 0. The molecule has 4 heteroatoms. The van der Waals surface area contributed by atoms with Gasteiger partial charge < -0.3 is 0 Å². The summed E-state index contributed by atoms with van der Waals surface area (Å²) in [5.41, 5.74) is 0.314. The Kier molecular flexibility index (Phi) is 1.49. The van der Waals surface area contributed by atoms with Crippen molar-refractivity contribution in [2.45, 2.75) is 0 Å². The van der Waals surface area contributed by atoms with Crippen LogP contribution in [0.5, 0.6) is 0 Å². The summed E-state index contributed by atoms with van der Waals surface area (Å²) < 4.78 is 0. The standard InChI is InChI=1S/C6H4N4/c1-10-4-5(2-7)9-6(10)3-8/h4H,1H3/p+1. The molecule has 0 saturated heterocycles. The van der Waals surface area contributed by atoms with Crippen LogP contribution in [0.2, 0.25) is 0 Å². The fourth-order valence-corrected chi connectivity index (χ4v) is 0.685. The van der Waals surface area contributed by atoms with E-state index in [0.717, 1.165) is 4.90 Å². The van der Waals surface area contributed by atoms with Crippen LogP contribution >= 0.6 is 0 Å². The molecule has 0 spiro atoms. The van der Waals surface area contributed by atoms with Gasteiger partial charge in [0, 0.05) is 0 Å². The first-order valence-corrected chi connectivity index (χ1v) is 2.72. The van der Waals surface area contributed by atoms with Gasteiger partial charge in [0.25, 0.3) is 0 Å². The third kappa shape index (κ3) is 0.883. The van der Waals surface area contributed by atoms with Gasteiger partial charge in [-0.05, 0) is 0 Å². The lowest BCUT2D eigenvalue weighted by atomic mass is 10.5. The Hall–Kier alpha value is -1.65. The molecule has 0 aromatic carbocycles. The van der Waals surface area contributed by atoms with Crippen LogP contribution in [0.3, 0.4) is 0 Å². The van der Waals surface area contributed by atoms with Crippen molar-refractivity contribution in [1.82, 2.24) is 0 Å². The zero-order valence-corrected chi connectivity index (χ0v) is 5.42. The van der Waals surface area contributed by atoms with Crippen molar-refractivity contribution in [1.29, 1.82) is 10.5 Å². The first-order chi connectivity index (χ1) is 4.77. The predicted octanol–water partition coefficient (Wildman–Crippen LogP) is -1.20. The molecular weight excluding hydrogens is 128 g/mol. The topological polar surface area (TPSA) is 64.4 Å². The van der Waals surface area contributed by atoms with E-state index >= 15 is 0 Å². The number of quaternary nitrogens is 1. The maximum absolute atomic E-state index is 8.41. The first-order valence-electron chi connectivity index (χ1n) is 2.72. The van der Waals surface area contributed by atoms with Crippen LogP contribution in [0.25, 0.3) is 0 Å². The van der Waals surface area contributed by atoms with Crippen molar-refractivity contribution in [3.8, 4) is 12.1 Å². The molecular formula is C6H5N4+. The summed E-state index contributed by atoms with van der Waals surface area (Å²) in [6.07, 6.45) is 1.60. The van der Waals surface area contributed by atoms with E-state index < -0.39 is 0 Å². The van der Waals surface area contributed by atoms with Crippen molar-refractivity contribution in [3.05, 3.63) is 11.9 Å². The van der Waals surface area contributed by atoms with E-state index in [0.29, 0.717) is 11.5 Å². The second-order valence-electron chi connectivity index (χ2n) is 1.90. The number of rotatable bonds is 0. The van der Waals surface area contributed by atoms with Crippen LogP contribution in [0.1, 0.15) is 0 Å². The van der Waals surface area contributed by atoms with Crippen LogP contribution in [0.4, 0.5) is 0 Å². The summed E-state index contributed by atoms with van der Waals surface area (Å²) in [6, 6.07) is 3.75. The molecule has 0 fully saturated rings. The Balaban J connectivity index is 2.93. The quantitative estimate of drug-likeness (QED) is 0.451. The minimum Gasteiger partial charge on any atom is -0.250 e. The number of hydrogen-bond donors (Lipinski definition) is 1. The van der Waals surface area contributed by atoms with Gasteiger partial charge in [-0.2, -0.15) is 15.5 Å². The average Bonchev–Trinajstić information content (AvgIpc) is 2.30. The minimum atomic E-state index is 0.314. The lowest BCUT2D eigenvalue weighted by molar-refractivity contribution is -0.716. The predicted molar refractivity (Wildman–Crippen MR) is 33.6 cm³/mol. The molecule has 0 saturated carbocycles. The number of nitrogens with one attached hydrogen (secondary N) is 1. The lowest BCUT2D eigenvalue weighted by Crippen LogP contribution is -3.06. The van der Waals surface area contributed by atoms with Crippen LogP contribution in [-0.2, 0) is 0 Å². The molecule has 0 bridgehead atoms. The molecule has 1 heterocycles. The van der Waals surface area contributed by atoms with Gasteiger partial charge in [0.15, 0.2) is 6.07 Å². The van der Waals surface area contributed by atoms with Gasteiger partial charge in [0.2, 0.25) is 5.70 Å². The molecule has 1 aliphatic rings. The van der Waals surface area contributed by atoms with E-state index in [9.17, 15) is 0 Å². The molecule has 0 aromatic heterocycles. The molecule has 1 rings (SSSR count). The number of nitrogens with zero attached hydrogens (tertiary/aromatic N) is 3. The molecule has 1 unspecified atom stereocenters. The minimum absolute atomic E-state index is 0.314. The van der Waals surface area contributed by atoms with Crippen LogP contribution in [-0.4, -0.2) is 12.9 Å². The third-order valence-electron chi connectivity index (χ3n) is 1.18. The molecule has 1 atom stereocenters. The Labute approximate surface area is 58.3 Å². The molecule has 48 valence electrons. The van der Waals surface area contributed by atoms with Gasteiger partial charge in [-0.15, -0.1) is 0 Å². The largest absolute Gasteiger partial charge is 0.311 e. The highest BCUT2D eigenvalue weighted by molar-refractivity contribution is 5.91. The normalized spacial score (nSPS) is 22.5. The summed E-state index contributed by atoms with van der Waals surface area (Å²) >= 11 is 0. The maximum atomic E-state index is 8.41. The lowest BCUT2D eigenvalue weighted by Gasteiger charge is -1.93. The van der Waals surface area contributed by atoms with E-state index in [-0.39, 0.29) is 0 Å². The SMILES string of the molecule is C[NH+]1C=C(C#N)N=C1C#N. The third-order valence-corrected chi connectivity index (χ3v) is 1.18. The second-order valence-corrected chi connectivity index (χ2v) is 1.90. The fourth-order valence-electron chi connectivity index (χ4n) is 0.685. The van der Waals surface area contributed by atoms with Gasteiger partial charge in [0.05, 0.1) is 7.05 Å². The van der Waals surface area contributed by atoms with Gasteiger partial charge in [-0.25, -0.2) is 0 Å². The second kappa shape index (κ2) is 2.30. The summed E-state index contributed by atoms with van der Waals surface area (Å²) in [7, 11) is 1.76. The Morgan fingerprint density at radius 1 is 1.50 bits per heavy atom. The number of allylic oxidation sites excluding steroid dienone is 1. The van der Waals surface area contributed by atoms with Gasteiger partial charge >= 0.3 is 5.84 Å². The molecule has 4 nitrogen and oxygen atoms in total. The molecule has 0 aliphatic carbocycles. The van der Waals surface area contributed by atoms with E-state index in [4.69, 9.17) is 10.5 Å². The van der Waals surface area contributed by atoms with Gasteiger partial charge in [-0.1, -0.05) is 0 Å². The highest BCUT2D eigenvalue weighted by Gasteiger charge is 2.18.